The van der Waals surface area contributed by atoms with Crippen molar-refractivity contribution in [2.75, 3.05) is 18.1 Å². The van der Waals surface area contributed by atoms with Crippen LogP contribution in [0.4, 0.5) is 0 Å². The summed E-state index contributed by atoms with van der Waals surface area (Å²) in [5.41, 5.74) is -0.337. The molecule has 1 aliphatic heterocycles. The molecule has 1 fully saturated rings. The molecule has 0 spiro atoms. The summed E-state index contributed by atoms with van der Waals surface area (Å²) in [5, 5.41) is 17.7. The number of hydrogen-bond donors (Lipinski definition) is 1. The normalized spacial score (nSPS) is 18.2. The van der Waals surface area contributed by atoms with Gasteiger partial charge in [-0.15, -0.1) is 5.10 Å². The molecule has 5 nitrogen and oxygen atoms in total. The Kier molecular flexibility index (Phi) is 4.64. The minimum absolute atomic E-state index is 0.406. The van der Waals surface area contributed by atoms with E-state index in [0.29, 0.717) is 24.9 Å². The molecule has 0 bridgehead atoms. The third-order valence-corrected chi connectivity index (χ3v) is 4.06. The lowest BCUT2D eigenvalue weighted by Crippen LogP contribution is -2.21. The molecule has 1 N–H and O–H groups in total. The Balaban J connectivity index is 1.74. The lowest BCUT2D eigenvalue weighted by molar-refractivity contribution is 0.0412. The van der Waals surface area contributed by atoms with Crippen LogP contribution >= 0.6 is 11.8 Å². The molecule has 0 saturated carbocycles. The van der Waals surface area contributed by atoms with E-state index in [2.05, 4.69) is 10.3 Å². The van der Waals surface area contributed by atoms with Crippen molar-refractivity contribution in [2.45, 2.75) is 44.9 Å². The van der Waals surface area contributed by atoms with E-state index in [-0.39, 0.29) is 0 Å². The van der Waals surface area contributed by atoms with Crippen molar-refractivity contribution >= 4 is 11.8 Å². The zero-order valence-electron chi connectivity index (χ0n) is 11.0. The molecule has 2 heterocycles. The highest BCUT2D eigenvalue weighted by atomic mass is 32.2. The third kappa shape index (κ3) is 3.96. The Morgan fingerprint density at radius 3 is 2.83 bits per heavy atom. The molecule has 1 aliphatic rings. The van der Waals surface area contributed by atoms with Gasteiger partial charge in [-0.2, -0.15) is 11.8 Å². The highest BCUT2D eigenvalue weighted by Crippen LogP contribution is 2.19. The number of rotatable bonds is 5. The average molecular weight is 271 g/mol. The van der Waals surface area contributed by atoms with Crippen molar-refractivity contribution in [3.63, 3.8) is 0 Å². The summed E-state index contributed by atoms with van der Waals surface area (Å²) in [4.78, 5) is 0. The standard InChI is InChI=1S/C12H21N3O2S/c1-12(2,16)11-9-15(14-13-11)5-6-17-10-3-7-18-8-4-10/h9-10,16H,3-8H2,1-2H3. The van der Waals surface area contributed by atoms with Crippen molar-refractivity contribution in [1.29, 1.82) is 0 Å². The highest BCUT2D eigenvalue weighted by molar-refractivity contribution is 7.99. The van der Waals surface area contributed by atoms with E-state index < -0.39 is 5.60 Å². The van der Waals surface area contributed by atoms with E-state index in [1.165, 1.54) is 11.5 Å². The van der Waals surface area contributed by atoms with Crippen molar-refractivity contribution in [2.24, 2.45) is 0 Å². The molecular weight excluding hydrogens is 250 g/mol. The van der Waals surface area contributed by atoms with Crippen LogP contribution in [0.25, 0.3) is 0 Å². The summed E-state index contributed by atoms with van der Waals surface area (Å²) in [5.74, 6) is 2.41. The van der Waals surface area contributed by atoms with Gasteiger partial charge in [0.1, 0.15) is 11.3 Å². The van der Waals surface area contributed by atoms with Crippen LogP contribution in [0.1, 0.15) is 32.4 Å². The number of aromatic nitrogens is 3. The van der Waals surface area contributed by atoms with Gasteiger partial charge >= 0.3 is 0 Å². The van der Waals surface area contributed by atoms with Crippen LogP contribution < -0.4 is 0 Å². The Morgan fingerprint density at radius 1 is 1.50 bits per heavy atom. The molecule has 0 aromatic carbocycles. The summed E-state index contributed by atoms with van der Waals surface area (Å²) in [6.45, 7) is 4.76. The Hall–Kier alpha value is -0.590. The van der Waals surface area contributed by atoms with Crippen molar-refractivity contribution in [3.05, 3.63) is 11.9 Å². The smallest absolute Gasteiger partial charge is 0.114 e. The van der Waals surface area contributed by atoms with E-state index in [0.717, 1.165) is 12.8 Å². The summed E-state index contributed by atoms with van der Waals surface area (Å²) < 4.78 is 7.54. The van der Waals surface area contributed by atoms with Crippen LogP contribution in [0, 0.1) is 0 Å². The van der Waals surface area contributed by atoms with E-state index in [1.54, 1.807) is 24.7 Å². The van der Waals surface area contributed by atoms with E-state index >= 15 is 0 Å². The molecule has 0 radical (unpaired) electrons. The topological polar surface area (TPSA) is 60.2 Å². The van der Waals surface area contributed by atoms with Gasteiger partial charge < -0.3 is 9.84 Å². The molecule has 0 atom stereocenters. The Morgan fingerprint density at radius 2 is 2.22 bits per heavy atom. The maximum Gasteiger partial charge on any atom is 0.114 e. The molecule has 1 aromatic heterocycles. The number of aliphatic hydroxyl groups is 1. The second kappa shape index (κ2) is 6.04. The zero-order chi connectivity index (χ0) is 13.0. The first-order valence-corrected chi connectivity index (χ1v) is 7.53. The third-order valence-electron chi connectivity index (χ3n) is 3.01. The fraction of sp³-hybridized carbons (Fsp3) is 0.833. The van der Waals surface area contributed by atoms with Gasteiger partial charge in [0.25, 0.3) is 0 Å². The SMILES string of the molecule is CC(C)(O)c1cn(CCOC2CCSCC2)nn1. The molecular formula is C12H21N3O2S. The molecule has 2 rings (SSSR count). The van der Waals surface area contributed by atoms with Crippen molar-refractivity contribution in [1.82, 2.24) is 15.0 Å². The Bertz CT molecular complexity index is 370. The Labute approximate surface area is 112 Å². The van der Waals surface area contributed by atoms with Crippen LogP contribution in [-0.2, 0) is 16.9 Å². The van der Waals surface area contributed by atoms with Gasteiger partial charge in [-0.25, -0.2) is 4.68 Å². The molecule has 102 valence electrons. The maximum atomic E-state index is 9.78. The van der Waals surface area contributed by atoms with Gasteiger partial charge in [0.15, 0.2) is 0 Å². The molecule has 0 amide bonds. The second-order valence-electron chi connectivity index (χ2n) is 5.11. The first-order chi connectivity index (χ1) is 8.55. The first-order valence-electron chi connectivity index (χ1n) is 6.38. The van der Waals surface area contributed by atoms with Gasteiger partial charge in [-0.05, 0) is 38.2 Å². The predicted molar refractivity (Wildman–Crippen MR) is 71.6 cm³/mol. The largest absolute Gasteiger partial charge is 0.384 e. The number of hydrogen-bond acceptors (Lipinski definition) is 5. The maximum absolute atomic E-state index is 9.78. The van der Waals surface area contributed by atoms with Crippen LogP contribution in [-0.4, -0.2) is 44.3 Å². The first kappa shape index (κ1) is 13.8. The zero-order valence-corrected chi connectivity index (χ0v) is 11.8. The summed E-state index contributed by atoms with van der Waals surface area (Å²) in [6.07, 6.45) is 4.48. The number of ether oxygens (including phenoxy) is 1. The van der Waals surface area contributed by atoms with E-state index in [1.807, 2.05) is 11.8 Å². The van der Waals surface area contributed by atoms with Gasteiger partial charge in [0.05, 0.1) is 25.5 Å². The van der Waals surface area contributed by atoms with Crippen molar-refractivity contribution < 1.29 is 9.84 Å². The fourth-order valence-corrected chi connectivity index (χ4v) is 2.91. The highest BCUT2D eigenvalue weighted by Gasteiger charge is 2.20. The van der Waals surface area contributed by atoms with Gasteiger partial charge in [0, 0.05) is 0 Å². The monoisotopic (exact) mass is 271 g/mol. The second-order valence-corrected chi connectivity index (χ2v) is 6.33. The molecule has 0 aliphatic carbocycles. The van der Waals surface area contributed by atoms with Crippen LogP contribution in [0.3, 0.4) is 0 Å². The summed E-state index contributed by atoms with van der Waals surface area (Å²) in [6, 6.07) is 0. The van der Waals surface area contributed by atoms with E-state index in [4.69, 9.17) is 4.74 Å². The van der Waals surface area contributed by atoms with E-state index in [9.17, 15) is 5.11 Å². The minimum atomic E-state index is -0.931. The van der Waals surface area contributed by atoms with Crippen molar-refractivity contribution in [3.8, 4) is 0 Å². The fourth-order valence-electron chi connectivity index (χ4n) is 1.84. The molecule has 18 heavy (non-hydrogen) atoms. The van der Waals surface area contributed by atoms with Crippen LogP contribution in [0.15, 0.2) is 6.20 Å². The predicted octanol–water partition coefficient (Wildman–Crippen LogP) is 1.42. The number of nitrogens with zero attached hydrogens (tertiary/aromatic N) is 3. The summed E-state index contributed by atoms with van der Waals surface area (Å²) >= 11 is 2.00. The van der Waals surface area contributed by atoms with Gasteiger partial charge in [0.2, 0.25) is 0 Å². The number of thioether (sulfide) groups is 1. The van der Waals surface area contributed by atoms with Gasteiger partial charge in [-0.3, -0.25) is 0 Å². The quantitative estimate of drug-likeness (QED) is 0.877. The lowest BCUT2D eigenvalue weighted by atomic mass is 10.1. The molecule has 1 aromatic rings. The molecule has 0 unspecified atom stereocenters. The summed E-state index contributed by atoms with van der Waals surface area (Å²) in [7, 11) is 0. The lowest BCUT2D eigenvalue weighted by Gasteiger charge is -2.21. The average Bonchev–Trinajstić information content (AvgIpc) is 2.79. The minimum Gasteiger partial charge on any atom is -0.384 e. The van der Waals surface area contributed by atoms with Crippen LogP contribution in [0.2, 0.25) is 0 Å². The van der Waals surface area contributed by atoms with Crippen LogP contribution in [0.5, 0.6) is 0 Å². The van der Waals surface area contributed by atoms with Gasteiger partial charge in [-0.1, -0.05) is 5.21 Å². The molecule has 1 saturated heterocycles. The molecule has 6 heteroatoms.